The van der Waals surface area contributed by atoms with Crippen LogP contribution in [-0.4, -0.2) is 54.5 Å². The minimum absolute atomic E-state index is 0.0432. The number of sulfonamides is 1. The van der Waals surface area contributed by atoms with Crippen molar-refractivity contribution >= 4 is 39.5 Å². The van der Waals surface area contributed by atoms with Crippen LogP contribution in [-0.2, 0) is 19.6 Å². The monoisotopic (exact) mass is 522 g/mol. The smallest absolute Gasteiger partial charge is 0.324 e. The summed E-state index contributed by atoms with van der Waals surface area (Å²) >= 11 is 5.90. The molecule has 1 aliphatic rings. The van der Waals surface area contributed by atoms with Crippen LogP contribution in [0.5, 0.6) is 0 Å². The van der Waals surface area contributed by atoms with Crippen LogP contribution in [0.15, 0.2) is 53.4 Å². The number of hydrogen-bond acceptors (Lipinski definition) is 6. The zero-order chi connectivity index (χ0) is 25.8. The summed E-state index contributed by atoms with van der Waals surface area (Å²) in [5, 5.41) is 12.2. The zero-order valence-electron chi connectivity index (χ0n) is 19.2. The van der Waals surface area contributed by atoms with Gasteiger partial charge in [0.25, 0.3) is 11.8 Å². The molecule has 1 saturated heterocycles. The third-order valence-electron chi connectivity index (χ3n) is 5.64. The van der Waals surface area contributed by atoms with Crippen molar-refractivity contribution in [3.05, 3.63) is 53.6 Å². The molecule has 0 unspecified atom stereocenters. The van der Waals surface area contributed by atoms with Crippen molar-refractivity contribution in [2.45, 2.75) is 49.6 Å². The number of nitrogens with zero attached hydrogens (tertiary/aromatic N) is 1. The van der Waals surface area contributed by atoms with E-state index in [1.807, 2.05) is 12.1 Å². The number of benzene rings is 2. The molecule has 1 heterocycles. The topological polar surface area (TPSA) is 145 Å². The number of halogens is 1. The SMILES string of the molecule is CC1(C)NC(=O)N(CCCC[C@@H](NS(=O)(=O)c2ccc(-c3ccc(Cl)cc3)cc2)C(=O)NO)C1=O. The Bertz CT molecular complexity index is 1200. The van der Waals surface area contributed by atoms with Gasteiger partial charge in [-0.2, -0.15) is 4.72 Å². The van der Waals surface area contributed by atoms with Crippen LogP contribution in [0.25, 0.3) is 11.1 Å². The minimum Gasteiger partial charge on any atom is -0.324 e. The first-order valence-electron chi connectivity index (χ1n) is 10.9. The molecule has 0 radical (unpaired) electrons. The highest BCUT2D eigenvalue weighted by molar-refractivity contribution is 7.89. The fourth-order valence-electron chi connectivity index (χ4n) is 3.69. The number of unbranched alkanes of at least 4 members (excludes halogenated alkanes) is 1. The normalized spacial score (nSPS) is 16.2. The molecule has 188 valence electrons. The summed E-state index contributed by atoms with van der Waals surface area (Å²) in [7, 11) is -4.08. The van der Waals surface area contributed by atoms with Crippen molar-refractivity contribution < 1.29 is 28.0 Å². The van der Waals surface area contributed by atoms with Gasteiger partial charge in [-0.25, -0.2) is 18.7 Å². The van der Waals surface area contributed by atoms with E-state index in [4.69, 9.17) is 16.8 Å². The number of imide groups is 1. The molecule has 10 nitrogen and oxygen atoms in total. The lowest BCUT2D eigenvalue weighted by atomic mass is 10.1. The Hall–Kier alpha value is -2.99. The predicted molar refractivity (Wildman–Crippen MR) is 129 cm³/mol. The lowest BCUT2D eigenvalue weighted by Crippen LogP contribution is -2.45. The van der Waals surface area contributed by atoms with E-state index < -0.39 is 33.5 Å². The van der Waals surface area contributed by atoms with Gasteiger partial charge in [0.05, 0.1) is 4.90 Å². The molecule has 0 bridgehead atoms. The van der Waals surface area contributed by atoms with E-state index >= 15 is 0 Å². The van der Waals surface area contributed by atoms with Crippen molar-refractivity contribution in [3.8, 4) is 11.1 Å². The summed E-state index contributed by atoms with van der Waals surface area (Å²) in [4.78, 5) is 37.3. The summed E-state index contributed by atoms with van der Waals surface area (Å²) in [5.74, 6) is -1.27. The first-order valence-corrected chi connectivity index (χ1v) is 12.8. The van der Waals surface area contributed by atoms with Gasteiger partial charge in [0.2, 0.25) is 10.0 Å². The number of nitrogens with one attached hydrogen (secondary N) is 3. The maximum Gasteiger partial charge on any atom is 0.325 e. The van der Waals surface area contributed by atoms with E-state index in [2.05, 4.69) is 10.0 Å². The Labute approximate surface area is 208 Å². The van der Waals surface area contributed by atoms with Crippen LogP contribution in [0, 0.1) is 0 Å². The van der Waals surface area contributed by atoms with Crippen molar-refractivity contribution in [2.75, 3.05) is 6.54 Å². The van der Waals surface area contributed by atoms with Gasteiger partial charge < -0.3 is 5.32 Å². The Morgan fingerprint density at radius 1 is 1.06 bits per heavy atom. The third kappa shape index (κ3) is 6.37. The third-order valence-corrected chi connectivity index (χ3v) is 7.37. The van der Waals surface area contributed by atoms with E-state index in [-0.39, 0.29) is 23.8 Å². The molecule has 1 aliphatic heterocycles. The van der Waals surface area contributed by atoms with Gasteiger partial charge in [0.15, 0.2) is 0 Å². The van der Waals surface area contributed by atoms with E-state index in [1.165, 1.54) is 17.6 Å². The van der Waals surface area contributed by atoms with Crippen LogP contribution in [0.4, 0.5) is 4.79 Å². The lowest BCUT2D eigenvalue weighted by molar-refractivity contribution is -0.131. The van der Waals surface area contributed by atoms with Crippen molar-refractivity contribution in [1.82, 2.24) is 20.4 Å². The minimum atomic E-state index is -4.08. The van der Waals surface area contributed by atoms with E-state index in [9.17, 15) is 22.8 Å². The second kappa shape index (κ2) is 10.7. The highest BCUT2D eigenvalue weighted by Crippen LogP contribution is 2.23. The number of hydroxylamine groups is 1. The largest absolute Gasteiger partial charge is 0.325 e. The Kier molecular flexibility index (Phi) is 8.16. The molecule has 35 heavy (non-hydrogen) atoms. The number of hydrogen-bond donors (Lipinski definition) is 4. The summed E-state index contributed by atoms with van der Waals surface area (Å²) in [6.07, 6.45) is 0.705. The summed E-state index contributed by atoms with van der Waals surface area (Å²) in [6.45, 7) is 3.33. The number of carbonyl (C=O) groups excluding carboxylic acids is 3. The van der Waals surface area contributed by atoms with Crippen molar-refractivity contribution in [1.29, 1.82) is 0 Å². The molecule has 0 spiro atoms. The van der Waals surface area contributed by atoms with Gasteiger partial charge in [-0.3, -0.25) is 19.7 Å². The molecular weight excluding hydrogens is 496 g/mol. The van der Waals surface area contributed by atoms with Crippen LogP contribution in [0.2, 0.25) is 5.02 Å². The molecule has 12 heteroatoms. The summed E-state index contributed by atoms with van der Waals surface area (Å²) < 4.78 is 28.0. The average molecular weight is 523 g/mol. The molecule has 3 rings (SSSR count). The van der Waals surface area contributed by atoms with E-state index in [0.717, 1.165) is 16.0 Å². The first kappa shape index (κ1) is 26.6. The molecule has 0 aliphatic carbocycles. The molecule has 1 fully saturated rings. The quantitative estimate of drug-likeness (QED) is 0.163. The van der Waals surface area contributed by atoms with Gasteiger partial charge in [0.1, 0.15) is 11.6 Å². The van der Waals surface area contributed by atoms with Gasteiger partial charge in [0, 0.05) is 11.6 Å². The maximum atomic E-state index is 12.9. The fraction of sp³-hybridized carbons (Fsp3) is 0.348. The summed E-state index contributed by atoms with van der Waals surface area (Å²) in [6, 6.07) is 11.4. The van der Waals surface area contributed by atoms with E-state index in [1.54, 1.807) is 38.1 Å². The number of amides is 4. The lowest BCUT2D eigenvalue weighted by Gasteiger charge is -2.18. The fourth-order valence-corrected chi connectivity index (χ4v) is 5.04. The highest BCUT2D eigenvalue weighted by atomic mass is 35.5. The Balaban J connectivity index is 1.62. The molecule has 2 aromatic rings. The molecule has 0 aromatic heterocycles. The van der Waals surface area contributed by atoms with Crippen LogP contribution in [0.1, 0.15) is 33.1 Å². The molecule has 4 N–H and O–H groups in total. The maximum absolute atomic E-state index is 12.9. The van der Waals surface area contributed by atoms with Gasteiger partial charge in [-0.1, -0.05) is 35.9 Å². The highest BCUT2D eigenvalue weighted by Gasteiger charge is 2.43. The Morgan fingerprint density at radius 2 is 1.63 bits per heavy atom. The molecule has 2 aromatic carbocycles. The number of urea groups is 1. The molecule has 0 saturated carbocycles. The van der Waals surface area contributed by atoms with Crippen molar-refractivity contribution in [2.24, 2.45) is 0 Å². The standard InChI is InChI=1S/C23H27ClN4O6S/c1-23(2)21(30)28(22(31)25-23)14-4-3-5-19(20(29)26-32)27-35(33,34)18-12-8-16(9-13-18)15-6-10-17(24)11-7-15/h6-13,19,27,32H,3-5,14H2,1-2H3,(H,25,31)(H,26,29)/t19-/m1/s1. The molecule has 1 atom stereocenters. The predicted octanol–water partition coefficient (Wildman–Crippen LogP) is 2.66. The number of rotatable bonds is 10. The van der Waals surface area contributed by atoms with Gasteiger partial charge in [-0.05, 0) is 68.5 Å². The van der Waals surface area contributed by atoms with E-state index in [0.29, 0.717) is 17.9 Å². The average Bonchev–Trinajstić information content (AvgIpc) is 3.02. The molecular formula is C23H27ClN4O6S. The summed E-state index contributed by atoms with van der Waals surface area (Å²) in [5.41, 5.74) is 2.14. The second-order valence-corrected chi connectivity index (χ2v) is 10.8. The van der Waals surface area contributed by atoms with Crippen molar-refractivity contribution in [3.63, 3.8) is 0 Å². The molecule has 4 amide bonds. The zero-order valence-corrected chi connectivity index (χ0v) is 20.8. The number of carbonyl (C=O) groups is 3. The first-order chi connectivity index (χ1) is 16.4. The van der Waals surface area contributed by atoms with Crippen LogP contribution >= 0.6 is 11.6 Å². The van der Waals surface area contributed by atoms with Gasteiger partial charge in [-0.15, -0.1) is 0 Å². The van der Waals surface area contributed by atoms with Gasteiger partial charge >= 0.3 is 6.03 Å². The van der Waals surface area contributed by atoms with Crippen LogP contribution in [0.3, 0.4) is 0 Å². The van der Waals surface area contributed by atoms with Crippen LogP contribution < -0.4 is 15.5 Å². The second-order valence-electron chi connectivity index (χ2n) is 8.69. The Morgan fingerprint density at radius 3 is 2.14 bits per heavy atom.